The van der Waals surface area contributed by atoms with E-state index in [1.165, 1.54) is 19.4 Å². The lowest BCUT2D eigenvalue weighted by Crippen LogP contribution is -2.53. The zero-order valence-electron chi connectivity index (χ0n) is 14.9. The van der Waals surface area contributed by atoms with Crippen LogP contribution in [-0.4, -0.2) is 36.5 Å². The Morgan fingerprint density at radius 2 is 2.07 bits per heavy atom. The van der Waals surface area contributed by atoms with Crippen molar-refractivity contribution in [2.24, 2.45) is 0 Å². The molecule has 1 aromatic carbocycles. The van der Waals surface area contributed by atoms with Crippen LogP contribution >= 0.6 is 0 Å². The second kappa shape index (κ2) is 8.14. The summed E-state index contributed by atoms with van der Waals surface area (Å²) in [4.78, 5) is 37.8. The number of hydrogen-bond donors (Lipinski definition) is 1. The molecular formula is C20H16N2O6. The molecule has 8 nitrogen and oxygen atoms in total. The van der Waals surface area contributed by atoms with E-state index in [0.717, 1.165) is 4.90 Å². The van der Waals surface area contributed by atoms with Gasteiger partial charge < -0.3 is 13.9 Å². The van der Waals surface area contributed by atoms with E-state index in [1.807, 2.05) is 0 Å². The number of barbiturate groups is 1. The molecule has 2 aromatic rings. The fourth-order valence-electron chi connectivity index (χ4n) is 2.58. The van der Waals surface area contributed by atoms with Crippen molar-refractivity contribution >= 4 is 23.9 Å². The predicted octanol–water partition coefficient (Wildman–Crippen LogP) is 1.96. The molecule has 1 saturated heterocycles. The van der Waals surface area contributed by atoms with Gasteiger partial charge in [0.1, 0.15) is 17.9 Å². The SMILES string of the molecule is C#CCOc1ccc(/C=C2\C(=O)NC(=O)N(Cc3ccco3)C2=O)cc1OC. The molecule has 1 aliphatic rings. The molecule has 0 aliphatic carbocycles. The Balaban J connectivity index is 1.89. The van der Waals surface area contributed by atoms with Crippen LogP contribution in [0.2, 0.25) is 0 Å². The van der Waals surface area contributed by atoms with Gasteiger partial charge in [0.25, 0.3) is 11.8 Å². The van der Waals surface area contributed by atoms with Crippen molar-refractivity contribution in [2.75, 3.05) is 13.7 Å². The summed E-state index contributed by atoms with van der Waals surface area (Å²) in [7, 11) is 1.46. The maximum Gasteiger partial charge on any atom is 0.331 e. The van der Waals surface area contributed by atoms with Crippen LogP contribution in [-0.2, 0) is 16.1 Å². The maximum absolute atomic E-state index is 12.7. The van der Waals surface area contributed by atoms with Crippen molar-refractivity contribution in [2.45, 2.75) is 6.54 Å². The second-order valence-electron chi connectivity index (χ2n) is 5.69. The first-order valence-electron chi connectivity index (χ1n) is 8.19. The Hall–Kier alpha value is -3.99. The van der Waals surface area contributed by atoms with Crippen molar-refractivity contribution in [1.82, 2.24) is 10.2 Å². The lowest BCUT2D eigenvalue weighted by molar-refractivity contribution is -0.130. The summed E-state index contributed by atoms with van der Waals surface area (Å²) in [6, 6.07) is 7.29. The summed E-state index contributed by atoms with van der Waals surface area (Å²) in [5, 5.41) is 2.15. The molecule has 0 atom stereocenters. The van der Waals surface area contributed by atoms with Gasteiger partial charge in [0.15, 0.2) is 11.5 Å². The Labute approximate surface area is 160 Å². The number of carbonyl (C=O) groups is 3. The van der Waals surface area contributed by atoms with Gasteiger partial charge in [-0.15, -0.1) is 6.42 Å². The molecule has 1 aromatic heterocycles. The minimum atomic E-state index is -0.806. The average molecular weight is 380 g/mol. The van der Waals surface area contributed by atoms with Crippen LogP contribution in [0.5, 0.6) is 11.5 Å². The third kappa shape index (κ3) is 3.88. The van der Waals surface area contributed by atoms with Crippen molar-refractivity contribution < 1.29 is 28.3 Å². The number of nitrogens with zero attached hydrogens (tertiary/aromatic N) is 1. The molecule has 1 fully saturated rings. The molecule has 1 aliphatic heterocycles. The number of benzene rings is 1. The van der Waals surface area contributed by atoms with E-state index in [2.05, 4.69) is 11.2 Å². The molecule has 0 saturated carbocycles. The van der Waals surface area contributed by atoms with Crippen LogP contribution in [0.4, 0.5) is 4.79 Å². The number of methoxy groups -OCH3 is 1. The number of urea groups is 1. The summed E-state index contributed by atoms with van der Waals surface area (Å²) in [6.07, 6.45) is 7.98. The third-order valence-corrected chi connectivity index (χ3v) is 3.89. The summed E-state index contributed by atoms with van der Waals surface area (Å²) in [6.45, 7) is -0.0218. The molecule has 142 valence electrons. The number of imide groups is 2. The van der Waals surface area contributed by atoms with Gasteiger partial charge in [-0.25, -0.2) is 4.79 Å². The van der Waals surface area contributed by atoms with Crippen LogP contribution in [0.3, 0.4) is 0 Å². The molecule has 0 unspecified atom stereocenters. The number of amides is 4. The number of rotatable bonds is 6. The zero-order chi connectivity index (χ0) is 20.1. The standard InChI is InChI=1S/C20H16N2O6/c1-3-8-28-16-7-6-13(11-17(16)26-2)10-15-18(23)21-20(25)22(19(15)24)12-14-5-4-9-27-14/h1,4-7,9-11H,8,12H2,2H3,(H,21,23,25)/b15-10+. The number of carbonyl (C=O) groups excluding carboxylic acids is 3. The van der Waals surface area contributed by atoms with Gasteiger partial charge in [-0.3, -0.25) is 19.8 Å². The quantitative estimate of drug-likeness (QED) is 0.467. The third-order valence-electron chi connectivity index (χ3n) is 3.89. The van der Waals surface area contributed by atoms with Crippen molar-refractivity contribution in [3.63, 3.8) is 0 Å². The largest absolute Gasteiger partial charge is 0.493 e. The number of furan rings is 1. The monoisotopic (exact) mass is 380 g/mol. The fourth-order valence-corrected chi connectivity index (χ4v) is 2.58. The number of ether oxygens (including phenoxy) is 2. The van der Waals surface area contributed by atoms with Gasteiger partial charge in [-0.2, -0.15) is 0 Å². The van der Waals surface area contributed by atoms with Crippen LogP contribution in [0.1, 0.15) is 11.3 Å². The molecule has 28 heavy (non-hydrogen) atoms. The average Bonchev–Trinajstić information content (AvgIpc) is 3.20. The van der Waals surface area contributed by atoms with E-state index in [1.54, 1.807) is 30.3 Å². The number of terminal acetylenes is 1. The van der Waals surface area contributed by atoms with Gasteiger partial charge in [-0.1, -0.05) is 12.0 Å². The minimum Gasteiger partial charge on any atom is -0.493 e. The molecule has 2 heterocycles. The molecule has 0 spiro atoms. The molecular weight excluding hydrogens is 364 g/mol. The Bertz CT molecular complexity index is 985. The highest BCUT2D eigenvalue weighted by molar-refractivity contribution is 6.30. The maximum atomic E-state index is 12.7. The summed E-state index contributed by atoms with van der Waals surface area (Å²) >= 11 is 0. The Morgan fingerprint density at radius 1 is 1.25 bits per heavy atom. The molecule has 8 heteroatoms. The fraction of sp³-hybridized carbons (Fsp3) is 0.150. The van der Waals surface area contributed by atoms with E-state index in [-0.39, 0.29) is 18.7 Å². The molecule has 0 radical (unpaired) electrons. The smallest absolute Gasteiger partial charge is 0.331 e. The van der Waals surface area contributed by atoms with Gasteiger partial charge in [0.05, 0.1) is 19.9 Å². The highest BCUT2D eigenvalue weighted by Gasteiger charge is 2.36. The van der Waals surface area contributed by atoms with Crippen LogP contribution in [0, 0.1) is 12.3 Å². The van der Waals surface area contributed by atoms with Crippen molar-refractivity contribution in [3.8, 4) is 23.8 Å². The highest BCUT2D eigenvalue weighted by Crippen LogP contribution is 2.29. The number of nitrogens with one attached hydrogen (secondary N) is 1. The molecule has 3 rings (SSSR count). The van der Waals surface area contributed by atoms with E-state index >= 15 is 0 Å². The van der Waals surface area contributed by atoms with Crippen molar-refractivity contribution in [1.29, 1.82) is 0 Å². The lowest BCUT2D eigenvalue weighted by atomic mass is 10.1. The van der Waals surface area contributed by atoms with Crippen molar-refractivity contribution in [3.05, 3.63) is 53.5 Å². The van der Waals surface area contributed by atoms with Crippen LogP contribution in [0.25, 0.3) is 6.08 Å². The lowest BCUT2D eigenvalue weighted by Gasteiger charge is -2.25. The van der Waals surface area contributed by atoms with Gasteiger partial charge >= 0.3 is 6.03 Å². The van der Waals surface area contributed by atoms with E-state index in [9.17, 15) is 14.4 Å². The normalized spacial score (nSPS) is 15.4. The van der Waals surface area contributed by atoms with Crippen LogP contribution < -0.4 is 14.8 Å². The van der Waals surface area contributed by atoms with Gasteiger partial charge in [0, 0.05) is 0 Å². The first-order valence-corrected chi connectivity index (χ1v) is 8.19. The van der Waals surface area contributed by atoms with E-state index in [4.69, 9.17) is 20.3 Å². The first kappa shape index (κ1) is 18.8. The number of hydrogen-bond acceptors (Lipinski definition) is 6. The molecule has 1 N–H and O–H groups in total. The molecule has 0 bridgehead atoms. The van der Waals surface area contributed by atoms with Gasteiger partial charge in [-0.05, 0) is 35.9 Å². The highest BCUT2D eigenvalue weighted by atomic mass is 16.5. The zero-order valence-corrected chi connectivity index (χ0v) is 14.9. The van der Waals surface area contributed by atoms with Gasteiger partial charge in [0.2, 0.25) is 0 Å². The minimum absolute atomic E-state index is 0.0710. The summed E-state index contributed by atoms with van der Waals surface area (Å²) in [5.41, 5.74) is 0.321. The predicted molar refractivity (Wildman–Crippen MR) is 98.1 cm³/mol. The Morgan fingerprint density at radius 3 is 2.75 bits per heavy atom. The molecule has 4 amide bonds. The summed E-state index contributed by atoms with van der Waals surface area (Å²) < 4.78 is 15.8. The topological polar surface area (TPSA) is 98.1 Å². The Kier molecular flexibility index (Phi) is 5.46. The van der Waals surface area contributed by atoms with E-state index < -0.39 is 17.8 Å². The van der Waals surface area contributed by atoms with Crippen LogP contribution in [0.15, 0.2) is 46.6 Å². The second-order valence-corrected chi connectivity index (χ2v) is 5.69. The summed E-state index contributed by atoms with van der Waals surface area (Å²) in [5.74, 6) is 2.07. The van der Waals surface area contributed by atoms with E-state index in [0.29, 0.717) is 22.8 Å². The first-order chi connectivity index (χ1) is 13.5.